The maximum Gasteiger partial charge on any atom is 0.322 e. The largest absolute Gasteiger partial charge is 0.508 e. The predicted molar refractivity (Wildman–Crippen MR) is 186 cm³/mol. The molecular weight excluding hydrogens is 668 g/mol. The predicted octanol–water partition coefficient (Wildman–Crippen LogP) is 3.56. The van der Waals surface area contributed by atoms with Gasteiger partial charge >= 0.3 is 5.97 Å². The molecule has 1 heterocycles. The Morgan fingerprint density at radius 3 is 1.90 bits per heavy atom. The molecule has 0 fully saturated rings. The Morgan fingerprint density at radius 1 is 0.804 bits per heavy atom. The normalized spacial score (nSPS) is 10.3. The molecule has 0 unspecified atom stereocenters. The monoisotopic (exact) mass is 700 g/mol. The van der Waals surface area contributed by atoms with Gasteiger partial charge in [-0.2, -0.15) is 0 Å². The zero-order valence-corrected chi connectivity index (χ0v) is 26.6. The number of phenols is 4. The number of carboxylic acids is 1. The molecule has 5 aromatic rings. The number of hydrogen-bond donors (Lipinski definition) is 12. The minimum atomic E-state index is -1.03. The van der Waals surface area contributed by atoms with Crippen molar-refractivity contribution in [3.05, 3.63) is 100 Å². The van der Waals surface area contributed by atoms with Gasteiger partial charge in [-0.15, -0.1) is 5.11 Å². The topological polar surface area (TPSA) is 334 Å². The quantitative estimate of drug-likeness (QED) is 0.0362. The Bertz CT molecular complexity index is 2150. The number of aliphatic carboxylic acids is 1. The van der Waals surface area contributed by atoms with E-state index in [0.29, 0.717) is 16.8 Å². The maximum atomic E-state index is 12.1. The SMILES string of the molecule is CC(=O)NCC(=O)O.N=C(N)c1ccc(/N=N/Nc2ccc(C(=N)N)cc2)cc1.O=c1c(O)c(-c2ccc(O)c(O)c2)oc2cc(O)cc(O)c12. The molecule has 264 valence electrons. The fraction of sp³-hybridized carbons (Fsp3) is 0.0606. The molecule has 51 heavy (non-hydrogen) atoms. The van der Waals surface area contributed by atoms with Crippen molar-refractivity contribution in [1.82, 2.24) is 5.32 Å². The van der Waals surface area contributed by atoms with Crippen molar-refractivity contribution in [3.8, 4) is 40.1 Å². The number of hydrogen-bond acceptors (Lipinski definition) is 13. The Balaban J connectivity index is 0.000000228. The number of amides is 1. The lowest BCUT2D eigenvalue weighted by molar-refractivity contribution is -0.137. The summed E-state index contributed by atoms with van der Waals surface area (Å²) in [5, 5.41) is 80.1. The fourth-order valence-corrected chi connectivity index (χ4v) is 3.91. The second-order valence-electron chi connectivity index (χ2n) is 10.2. The van der Waals surface area contributed by atoms with Crippen LogP contribution in [0.3, 0.4) is 0 Å². The molecule has 0 radical (unpaired) electrons. The van der Waals surface area contributed by atoms with E-state index < -0.39 is 28.6 Å². The number of fused-ring (bicyclic) bond motifs is 1. The molecule has 0 aliphatic heterocycles. The second-order valence-corrected chi connectivity index (χ2v) is 10.2. The summed E-state index contributed by atoms with van der Waals surface area (Å²) in [5.41, 5.74) is 15.3. The number of aromatic hydroxyl groups is 5. The van der Waals surface area contributed by atoms with Crippen molar-refractivity contribution in [3.63, 3.8) is 0 Å². The van der Waals surface area contributed by atoms with Crippen LogP contribution in [0.5, 0.6) is 28.7 Å². The van der Waals surface area contributed by atoms with Crippen molar-refractivity contribution < 1.29 is 44.6 Å². The van der Waals surface area contributed by atoms with Gasteiger partial charge in [0, 0.05) is 35.7 Å². The Kier molecular flexibility index (Phi) is 12.6. The molecule has 14 N–H and O–H groups in total. The Morgan fingerprint density at radius 2 is 1.39 bits per heavy atom. The van der Waals surface area contributed by atoms with Crippen LogP contribution in [0.15, 0.2) is 98.4 Å². The number of nitrogens with one attached hydrogen (secondary N) is 4. The number of benzene rings is 4. The number of nitrogens with zero attached hydrogens (tertiary/aromatic N) is 2. The number of phenolic OH excluding ortho intramolecular Hbond substituents is 4. The van der Waals surface area contributed by atoms with Crippen LogP contribution < -0.4 is 27.6 Å². The van der Waals surface area contributed by atoms with Gasteiger partial charge in [-0.05, 0) is 66.7 Å². The summed E-state index contributed by atoms with van der Waals surface area (Å²) < 4.78 is 5.35. The molecule has 0 saturated heterocycles. The molecule has 0 atom stereocenters. The second kappa shape index (κ2) is 17.0. The maximum absolute atomic E-state index is 12.1. The average Bonchev–Trinajstić information content (AvgIpc) is 3.07. The van der Waals surface area contributed by atoms with Gasteiger partial charge in [0.15, 0.2) is 17.3 Å². The first-order valence-electron chi connectivity index (χ1n) is 14.3. The highest BCUT2D eigenvalue weighted by molar-refractivity contribution is 5.95. The molecule has 18 heteroatoms. The van der Waals surface area contributed by atoms with Gasteiger partial charge < -0.3 is 51.8 Å². The number of nitrogens with two attached hydrogens (primary N) is 2. The standard InChI is InChI=1S/C15H10O7.C14H15N7.C4H7NO3/c16-7-4-10(19)12-11(5-7)22-15(14(21)13(12)20)6-1-2-8(17)9(18)3-6;15-13(16)9-1-5-11(6-2-9)19-21-20-12-7-3-10(4-8-12)14(17)18;1-3(6)5-2-4(7)8/h1-5,16-19,21H;1-8H,(H3,15,16)(H3,17,18)(H,19,20);2H2,1H3,(H,5,6)(H,7,8). The van der Waals surface area contributed by atoms with Gasteiger partial charge in [-0.25, -0.2) is 0 Å². The van der Waals surface area contributed by atoms with E-state index in [0.717, 1.165) is 30.0 Å². The third kappa shape index (κ3) is 10.7. The number of anilines is 1. The molecule has 0 spiro atoms. The zero-order valence-electron chi connectivity index (χ0n) is 26.6. The highest BCUT2D eigenvalue weighted by Crippen LogP contribution is 2.37. The van der Waals surface area contributed by atoms with Crippen molar-refractivity contribution in [2.24, 2.45) is 21.8 Å². The van der Waals surface area contributed by atoms with Crippen molar-refractivity contribution in [2.75, 3.05) is 12.0 Å². The summed E-state index contributed by atoms with van der Waals surface area (Å²) in [6, 6.07) is 19.5. The third-order valence-electron chi connectivity index (χ3n) is 6.38. The van der Waals surface area contributed by atoms with Gasteiger partial charge in [0.25, 0.3) is 0 Å². The first-order valence-corrected chi connectivity index (χ1v) is 14.3. The van der Waals surface area contributed by atoms with E-state index in [1.807, 2.05) is 0 Å². The molecule has 18 nitrogen and oxygen atoms in total. The van der Waals surface area contributed by atoms with E-state index in [1.165, 1.54) is 13.0 Å². The summed E-state index contributed by atoms with van der Waals surface area (Å²) in [6.45, 7) is 0.971. The van der Waals surface area contributed by atoms with Gasteiger partial charge in [0.1, 0.15) is 40.7 Å². The van der Waals surface area contributed by atoms with Crippen LogP contribution >= 0.6 is 0 Å². The first-order chi connectivity index (χ1) is 24.1. The summed E-state index contributed by atoms with van der Waals surface area (Å²) in [5.74, 6) is -4.03. The molecule has 1 aromatic heterocycles. The Labute approximate surface area is 287 Å². The van der Waals surface area contributed by atoms with E-state index in [2.05, 4.69) is 21.1 Å². The van der Waals surface area contributed by atoms with E-state index >= 15 is 0 Å². The van der Waals surface area contributed by atoms with E-state index in [1.54, 1.807) is 48.5 Å². The highest BCUT2D eigenvalue weighted by Gasteiger charge is 2.19. The van der Waals surface area contributed by atoms with Crippen LogP contribution in [-0.4, -0.2) is 60.7 Å². The lowest BCUT2D eigenvalue weighted by Gasteiger charge is -2.08. The average molecular weight is 701 g/mol. The molecule has 0 bridgehead atoms. The summed E-state index contributed by atoms with van der Waals surface area (Å²) in [7, 11) is 0. The number of rotatable bonds is 8. The molecule has 0 aliphatic rings. The van der Waals surface area contributed by atoms with E-state index in [4.69, 9.17) is 31.8 Å². The first kappa shape index (κ1) is 37.8. The number of nitrogen functional groups attached to an aromatic ring is 2. The summed E-state index contributed by atoms with van der Waals surface area (Å²) >= 11 is 0. The lowest BCUT2D eigenvalue weighted by atomic mass is 10.1. The lowest BCUT2D eigenvalue weighted by Crippen LogP contribution is -2.26. The minimum absolute atomic E-state index is 0.0159. The van der Waals surface area contributed by atoms with Crippen LogP contribution in [0.2, 0.25) is 0 Å². The zero-order chi connectivity index (χ0) is 37.8. The number of carbonyl (C=O) groups excluding carboxylic acids is 1. The van der Waals surface area contributed by atoms with Gasteiger partial charge in [0.05, 0.1) is 11.4 Å². The summed E-state index contributed by atoms with van der Waals surface area (Å²) in [4.78, 5) is 31.8. The van der Waals surface area contributed by atoms with Gasteiger partial charge in [-0.1, -0.05) is 5.22 Å². The van der Waals surface area contributed by atoms with E-state index in [-0.39, 0.29) is 57.9 Å². The number of carbonyl (C=O) groups is 2. The number of carboxylic acid groups (broad SMARTS) is 1. The van der Waals surface area contributed by atoms with Crippen molar-refractivity contribution in [1.29, 1.82) is 10.8 Å². The molecule has 0 aliphatic carbocycles. The minimum Gasteiger partial charge on any atom is -0.508 e. The molecule has 1 amide bonds. The molecule has 0 saturated carbocycles. The highest BCUT2D eigenvalue weighted by atomic mass is 16.4. The smallest absolute Gasteiger partial charge is 0.322 e. The van der Waals surface area contributed by atoms with Crippen LogP contribution in [-0.2, 0) is 9.59 Å². The van der Waals surface area contributed by atoms with Crippen LogP contribution in [0, 0.1) is 10.8 Å². The van der Waals surface area contributed by atoms with Crippen molar-refractivity contribution >= 4 is 45.9 Å². The molecular formula is C33H32N8O10. The van der Waals surface area contributed by atoms with Gasteiger partial charge in [0.2, 0.25) is 17.1 Å². The molecule has 4 aromatic carbocycles. The summed E-state index contributed by atoms with van der Waals surface area (Å²) in [6.07, 6.45) is 0. The van der Waals surface area contributed by atoms with Gasteiger partial charge in [-0.3, -0.25) is 30.6 Å². The Hall–Kier alpha value is -7.63. The fourth-order valence-electron chi connectivity index (χ4n) is 3.91. The van der Waals surface area contributed by atoms with E-state index in [9.17, 15) is 39.9 Å². The van der Waals surface area contributed by atoms with Crippen LogP contribution in [0.4, 0.5) is 11.4 Å². The molecule has 5 rings (SSSR count). The number of amidine groups is 2. The van der Waals surface area contributed by atoms with Crippen LogP contribution in [0.1, 0.15) is 18.1 Å². The van der Waals surface area contributed by atoms with Crippen molar-refractivity contribution in [2.45, 2.75) is 6.92 Å². The third-order valence-corrected chi connectivity index (χ3v) is 6.38. The van der Waals surface area contributed by atoms with Crippen LogP contribution in [0.25, 0.3) is 22.3 Å².